The molecule has 0 aliphatic carbocycles. The van der Waals surface area contributed by atoms with Crippen molar-refractivity contribution in [1.29, 1.82) is 0 Å². The largest absolute Gasteiger partial charge is 0.309 e. The summed E-state index contributed by atoms with van der Waals surface area (Å²) in [7, 11) is 0. The van der Waals surface area contributed by atoms with Gasteiger partial charge in [0.05, 0.1) is 38.8 Å². The van der Waals surface area contributed by atoms with Gasteiger partial charge in [0.2, 0.25) is 0 Å². The van der Waals surface area contributed by atoms with E-state index in [2.05, 4.69) is 274 Å². The topological polar surface area (TPSA) is 53.5 Å². The highest BCUT2D eigenvalue weighted by atomic mass is 15.0. The first-order valence-electron chi connectivity index (χ1n) is 28.8. The fourth-order valence-corrected chi connectivity index (χ4v) is 12.6. The molecule has 0 radical (unpaired) electrons. The molecule has 11 aromatic carbocycles. The lowest BCUT2D eigenvalue weighted by Crippen LogP contribution is -2.10. The highest BCUT2D eigenvalue weighted by molar-refractivity contribution is 6.13. The second-order valence-corrected chi connectivity index (χ2v) is 24.1. The maximum absolute atomic E-state index is 5.44. The van der Waals surface area contributed by atoms with Crippen molar-refractivity contribution in [2.24, 2.45) is 0 Å². The van der Waals surface area contributed by atoms with Crippen LogP contribution in [0.25, 0.3) is 139 Å². The average molecular weight is 1070 g/mol. The van der Waals surface area contributed by atoms with Crippen molar-refractivity contribution >= 4 is 65.4 Å². The van der Waals surface area contributed by atoms with E-state index in [9.17, 15) is 0 Å². The third kappa shape index (κ3) is 8.43. The van der Waals surface area contributed by atoms with Crippen LogP contribution in [0.15, 0.2) is 255 Å². The number of rotatable bonds is 8. The van der Waals surface area contributed by atoms with Crippen LogP contribution in [-0.2, 0) is 10.8 Å². The van der Waals surface area contributed by atoms with Crippen LogP contribution in [0.1, 0.15) is 52.7 Å². The zero-order valence-electron chi connectivity index (χ0n) is 47.4. The van der Waals surface area contributed by atoms with Gasteiger partial charge in [-0.2, -0.15) is 0 Å². The van der Waals surface area contributed by atoms with Gasteiger partial charge in [-0.15, -0.1) is 0 Å². The minimum absolute atomic E-state index is 0.0789. The summed E-state index contributed by atoms with van der Waals surface area (Å²) in [6, 6.07) is 92.7. The normalized spacial score (nSPS) is 12.2. The van der Waals surface area contributed by atoms with Gasteiger partial charge >= 0.3 is 0 Å². The van der Waals surface area contributed by atoms with E-state index in [-0.39, 0.29) is 10.8 Å². The molecule has 6 nitrogen and oxygen atoms in total. The van der Waals surface area contributed by atoms with Gasteiger partial charge in [-0.25, -0.2) is 15.0 Å². The minimum Gasteiger partial charge on any atom is -0.309 e. The molecule has 4 aromatic heterocycles. The molecule has 0 spiro atoms. The van der Waals surface area contributed by atoms with Crippen LogP contribution < -0.4 is 0 Å². The molecule has 0 atom stereocenters. The van der Waals surface area contributed by atoms with Crippen molar-refractivity contribution in [2.45, 2.75) is 52.4 Å². The van der Waals surface area contributed by atoms with E-state index in [0.29, 0.717) is 17.5 Å². The Bertz CT molecular complexity index is 4630. The first-order chi connectivity index (χ1) is 40.4. The second kappa shape index (κ2) is 19.2. The Labute approximate surface area is 483 Å². The monoisotopic (exact) mass is 1070 g/mol. The predicted molar refractivity (Wildman–Crippen MR) is 347 cm³/mol. The van der Waals surface area contributed by atoms with Gasteiger partial charge in [-0.3, -0.25) is 0 Å². The van der Waals surface area contributed by atoms with Crippen LogP contribution in [0.4, 0.5) is 0 Å². The predicted octanol–water partition coefficient (Wildman–Crippen LogP) is 20.1. The molecule has 6 heteroatoms. The molecule has 4 heterocycles. The molecule has 0 saturated heterocycles. The summed E-state index contributed by atoms with van der Waals surface area (Å²) in [4.78, 5) is 16.1. The molecular weight excluding hydrogens is 1010 g/mol. The molecule has 0 fully saturated rings. The number of para-hydroxylation sites is 4. The number of benzene rings is 11. The average Bonchev–Trinajstić information content (AvgIpc) is 3.97. The molecule has 0 bridgehead atoms. The Kier molecular flexibility index (Phi) is 11.6. The highest BCUT2D eigenvalue weighted by Crippen LogP contribution is 2.47. The quantitative estimate of drug-likeness (QED) is 0.152. The minimum atomic E-state index is -0.0789. The fourth-order valence-electron chi connectivity index (χ4n) is 12.6. The number of fused-ring (bicyclic) bond motifs is 9. The van der Waals surface area contributed by atoms with E-state index >= 15 is 0 Å². The van der Waals surface area contributed by atoms with Crippen molar-refractivity contribution in [2.75, 3.05) is 0 Å². The zero-order valence-corrected chi connectivity index (χ0v) is 47.4. The van der Waals surface area contributed by atoms with Crippen molar-refractivity contribution < 1.29 is 0 Å². The van der Waals surface area contributed by atoms with Gasteiger partial charge < -0.3 is 13.7 Å². The van der Waals surface area contributed by atoms with Crippen molar-refractivity contribution in [3.8, 4) is 73.5 Å². The Hall–Kier alpha value is -10.2. The summed E-state index contributed by atoms with van der Waals surface area (Å²) in [5, 5.41) is 7.30. The molecule has 15 aromatic rings. The van der Waals surface area contributed by atoms with Gasteiger partial charge in [-0.1, -0.05) is 211 Å². The molecule has 0 saturated carbocycles. The molecule has 398 valence electrons. The number of nitrogens with zero attached hydrogens (tertiary/aromatic N) is 6. The van der Waals surface area contributed by atoms with Crippen molar-refractivity contribution in [3.63, 3.8) is 0 Å². The van der Waals surface area contributed by atoms with Gasteiger partial charge in [0.25, 0.3) is 0 Å². The lowest BCUT2D eigenvalue weighted by Gasteiger charge is -2.23. The van der Waals surface area contributed by atoms with Crippen LogP contribution in [0, 0.1) is 0 Å². The maximum Gasteiger partial charge on any atom is 0.164 e. The third-order valence-corrected chi connectivity index (χ3v) is 16.8. The SMILES string of the molecule is CC(C)(C)c1ccc2c(c1)c1cc(C(C)(C)C)ccc1n2-c1c(-c2cccc(-n3c4ccccc4c4ccccc43)c2)cc(-c2nc(-c3ccccc3)nc(-c3ccccc3)n2)cc1-c1cccc(-n2c3ccccc3c3ccccc32)c1. The van der Waals surface area contributed by atoms with Crippen molar-refractivity contribution in [3.05, 3.63) is 266 Å². The molecule has 0 N–H and O–H groups in total. The lowest BCUT2D eigenvalue weighted by atomic mass is 9.85. The maximum atomic E-state index is 5.44. The fraction of sp³-hybridized carbons (Fsp3) is 0.104. The highest BCUT2D eigenvalue weighted by Gasteiger charge is 2.27. The van der Waals surface area contributed by atoms with E-state index in [4.69, 9.17) is 15.0 Å². The second-order valence-electron chi connectivity index (χ2n) is 24.1. The van der Waals surface area contributed by atoms with Crippen LogP contribution in [0.2, 0.25) is 0 Å². The van der Waals surface area contributed by atoms with E-state index in [1.54, 1.807) is 0 Å². The Morgan fingerprint density at radius 2 is 0.578 bits per heavy atom. The molecule has 0 unspecified atom stereocenters. The van der Waals surface area contributed by atoms with Gasteiger partial charge in [0, 0.05) is 71.5 Å². The summed E-state index contributed by atoms with van der Waals surface area (Å²) in [6.45, 7) is 13.9. The zero-order chi connectivity index (χ0) is 56.1. The summed E-state index contributed by atoms with van der Waals surface area (Å²) in [5.74, 6) is 1.79. The van der Waals surface area contributed by atoms with E-state index < -0.39 is 0 Å². The van der Waals surface area contributed by atoms with Gasteiger partial charge in [0.1, 0.15) is 0 Å². The molecular formula is C77H60N6. The molecule has 0 aliphatic heterocycles. The summed E-state index contributed by atoms with van der Waals surface area (Å²) >= 11 is 0. The molecule has 15 rings (SSSR count). The van der Waals surface area contributed by atoms with E-state index in [1.165, 1.54) is 43.4 Å². The van der Waals surface area contributed by atoms with E-state index in [1.807, 2.05) is 36.4 Å². The van der Waals surface area contributed by atoms with Crippen LogP contribution in [-0.4, -0.2) is 28.7 Å². The summed E-state index contributed by atoms with van der Waals surface area (Å²) < 4.78 is 7.39. The van der Waals surface area contributed by atoms with Crippen molar-refractivity contribution in [1.82, 2.24) is 28.7 Å². The third-order valence-electron chi connectivity index (χ3n) is 16.8. The molecule has 0 amide bonds. The van der Waals surface area contributed by atoms with Crippen LogP contribution >= 0.6 is 0 Å². The molecule has 83 heavy (non-hydrogen) atoms. The Morgan fingerprint density at radius 3 is 0.952 bits per heavy atom. The lowest BCUT2D eigenvalue weighted by molar-refractivity contribution is 0.590. The van der Waals surface area contributed by atoms with Crippen LogP contribution in [0.3, 0.4) is 0 Å². The Morgan fingerprint density at radius 1 is 0.253 bits per heavy atom. The number of hydrogen-bond acceptors (Lipinski definition) is 3. The summed E-state index contributed by atoms with van der Waals surface area (Å²) in [5.41, 5.74) is 19.3. The Balaban J connectivity index is 1.10. The van der Waals surface area contributed by atoms with E-state index in [0.717, 1.165) is 89.1 Å². The molecule has 0 aliphatic rings. The smallest absolute Gasteiger partial charge is 0.164 e. The summed E-state index contributed by atoms with van der Waals surface area (Å²) in [6.07, 6.45) is 0. The van der Waals surface area contributed by atoms with Crippen LogP contribution in [0.5, 0.6) is 0 Å². The first kappa shape index (κ1) is 49.8. The number of hydrogen-bond donors (Lipinski definition) is 0. The first-order valence-corrected chi connectivity index (χ1v) is 28.8. The number of aromatic nitrogens is 6. The standard InChI is InChI=1S/C77H60N6/c1-76(2,3)54-39-41-70-64(47-54)65-48-55(77(4,5)6)40-42-71(65)83(70)72-62(51-27-21-29-56(43-51)81-66-35-17-13-31-58(66)59-32-14-18-36-67(59)81)45-53(75-79-73(49-23-9-7-10-24-49)78-74(80-75)50-25-11-8-12-26-50)46-63(72)52-28-22-30-57(44-52)82-68-37-19-15-33-60(68)61-34-16-20-38-69(61)82/h7-48H,1-6H3. The van der Waals surface area contributed by atoms with Gasteiger partial charge in [0.15, 0.2) is 17.5 Å². The van der Waals surface area contributed by atoms with Gasteiger partial charge in [-0.05, 0) is 118 Å².